The van der Waals surface area contributed by atoms with Gasteiger partial charge in [0.2, 0.25) is 5.95 Å². The van der Waals surface area contributed by atoms with Crippen LogP contribution in [0.2, 0.25) is 0 Å². The monoisotopic (exact) mass is 355 g/mol. The van der Waals surface area contributed by atoms with Crippen LogP contribution in [0, 0.1) is 0 Å². The van der Waals surface area contributed by atoms with Gasteiger partial charge in [-0.15, -0.1) is 0 Å². The molecule has 0 spiro atoms. The summed E-state index contributed by atoms with van der Waals surface area (Å²) < 4.78 is 7.70. The summed E-state index contributed by atoms with van der Waals surface area (Å²) in [7, 11) is 0. The molecule has 8 heteroatoms. The van der Waals surface area contributed by atoms with Crippen LogP contribution >= 0.6 is 0 Å². The first-order valence-electron chi connectivity index (χ1n) is 8.67. The van der Waals surface area contributed by atoms with Crippen LogP contribution in [0.15, 0.2) is 41.5 Å². The minimum atomic E-state index is -0.607. The number of aromatic nitrogens is 4. The van der Waals surface area contributed by atoms with Crippen molar-refractivity contribution in [3.8, 4) is 0 Å². The molecule has 0 amide bonds. The van der Waals surface area contributed by atoms with Crippen LogP contribution < -0.4 is 11.3 Å². The Kier molecular flexibility index (Phi) is 4.44. The zero-order valence-electron chi connectivity index (χ0n) is 14.2. The van der Waals surface area contributed by atoms with Gasteiger partial charge in [-0.1, -0.05) is 30.3 Å². The van der Waals surface area contributed by atoms with Gasteiger partial charge in [0, 0.05) is 6.42 Å². The molecule has 1 saturated carbocycles. The van der Waals surface area contributed by atoms with Gasteiger partial charge < -0.3 is 20.1 Å². The Hall–Kier alpha value is -2.71. The highest BCUT2D eigenvalue weighted by molar-refractivity contribution is 5.70. The fraction of sp³-hybridized carbons (Fsp3) is 0.389. The second-order valence-electron chi connectivity index (χ2n) is 6.64. The highest BCUT2D eigenvalue weighted by atomic mass is 16.5. The molecule has 3 unspecified atom stereocenters. The number of rotatable bonds is 4. The Morgan fingerprint density at radius 3 is 2.88 bits per heavy atom. The van der Waals surface area contributed by atoms with Gasteiger partial charge in [-0.3, -0.25) is 9.78 Å². The van der Waals surface area contributed by atoms with E-state index in [4.69, 9.17) is 10.5 Å². The Bertz CT molecular complexity index is 952. The zero-order valence-corrected chi connectivity index (χ0v) is 14.2. The third-order valence-corrected chi connectivity index (χ3v) is 4.87. The van der Waals surface area contributed by atoms with Crippen molar-refractivity contribution < 1.29 is 9.84 Å². The summed E-state index contributed by atoms with van der Waals surface area (Å²) in [6, 6.07) is 9.77. The van der Waals surface area contributed by atoms with Gasteiger partial charge in [0.15, 0.2) is 11.2 Å². The lowest BCUT2D eigenvalue weighted by Gasteiger charge is -2.33. The number of imidazole rings is 1. The predicted molar refractivity (Wildman–Crippen MR) is 96.5 cm³/mol. The number of hydrogen-bond acceptors (Lipinski definition) is 6. The molecule has 0 aliphatic heterocycles. The topological polar surface area (TPSA) is 119 Å². The van der Waals surface area contributed by atoms with Crippen molar-refractivity contribution in [3.63, 3.8) is 0 Å². The van der Waals surface area contributed by atoms with Gasteiger partial charge in [-0.2, -0.15) is 4.98 Å². The Morgan fingerprint density at radius 1 is 1.31 bits per heavy atom. The van der Waals surface area contributed by atoms with Gasteiger partial charge in [0.05, 0.1) is 31.2 Å². The van der Waals surface area contributed by atoms with E-state index >= 15 is 0 Å². The van der Waals surface area contributed by atoms with Gasteiger partial charge in [-0.25, -0.2) is 4.98 Å². The maximum atomic E-state index is 11.9. The van der Waals surface area contributed by atoms with Gasteiger partial charge in [0.1, 0.15) is 0 Å². The van der Waals surface area contributed by atoms with Crippen molar-refractivity contribution in [2.24, 2.45) is 0 Å². The summed E-state index contributed by atoms with van der Waals surface area (Å²) in [6.07, 6.45) is 2.98. The Morgan fingerprint density at radius 2 is 2.12 bits per heavy atom. The van der Waals surface area contributed by atoms with Crippen molar-refractivity contribution in [3.05, 3.63) is 52.6 Å². The van der Waals surface area contributed by atoms with E-state index < -0.39 is 6.10 Å². The lowest BCUT2D eigenvalue weighted by molar-refractivity contribution is -0.0419. The first kappa shape index (κ1) is 16.7. The van der Waals surface area contributed by atoms with Crippen molar-refractivity contribution in [1.82, 2.24) is 19.5 Å². The molecule has 4 N–H and O–H groups in total. The largest absolute Gasteiger partial charge is 0.391 e. The molecule has 3 atom stereocenters. The van der Waals surface area contributed by atoms with Crippen LogP contribution in [0.5, 0.6) is 0 Å². The number of anilines is 1. The summed E-state index contributed by atoms with van der Waals surface area (Å²) in [5, 5.41) is 10.6. The fourth-order valence-corrected chi connectivity index (χ4v) is 3.54. The second kappa shape index (κ2) is 6.89. The first-order chi connectivity index (χ1) is 12.6. The summed E-state index contributed by atoms with van der Waals surface area (Å²) >= 11 is 0. The summed E-state index contributed by atoms with van der Waals surface area (Å²) in [5.74, 6) is 0.0404. The van der Waals surface area contributed by atoms with E-state index in [1.807, 2.05) is 30.3 Å². The molecule has 0 saturated heterocycles. The summed E-state index contributed by atoms with van der Waals surface area (Å²) in [4.78, 5) is 22.7. The van der Waals surface area contributed by atoms with Crippen LogP contribution in [0.25, 0.3) is 11.2 Å². The molecule has 8 nitrogen and oxygen atoms in total. The number of aliphatic hydroxyl groups is 1. The van der Waals surface area contributed by atoms with Crippen molar-refractivity contribution in [1.29, 1.82) is 0 Å². The van der Waals surface area contributed by atoms with E-state index in [0.29, 0.717) is 25.1 Å². The number of fused-ring (bicyclic) bond motifs is 1. The van der Waals surface area contributed by atoms with E-state index in [-0.39, 0.29) is 29.2 Å². The molecule has 26 heavy (non-hydrogen) atoms. The van der Waals surface area contributed by atoms with Crippen LogP contribution in [0.4, 0.5) is 5.95 Å². The van der Waals surface area contributed by atoms with E-state index in [1.54, 1.807) is 10.9 Å². The molecule has 136 valence electrons. The number of ether oxygens (including phenoxy) is 1. The van der Waals surface area contributed by atoms with Gasteiger partial charge in [-0.05, 0) is 18.4 Å². The average Bonchev–Trinajstić information content (AvgIpc) is 3.05. The number of H-pyrrole nitrogens is 1. The van der Waals surface area contributed by atoms with Crippen LogP contribution in [0.1, 0.15) is 30.9 Å². The second-order valence-corrected chi connectivity index (χ2v) is 6.64. The summed E-state index contributed by atoms with van der Waals surface area (Å²) in [5.41, 5.74) is 7.02. The van der Waals surface area contributed by atoms with Crippen LogP contribution in [-0.4, -0.2) is 36.8 Å². The molecule has 2 aromatic heterocycles. The number of nitrogens with zero attached hydrogens (tertiary/aromatic N) is 3. The first-order valence-corrected chi connectivity index (χ1v) is 8.67. The molecule has 1 aliphatic rings. The zero-order chi connectivity index (χ0) is 18.1. The molecule has 0 radical (unpaired) electrons. The highest BCUT2D eigenvalue weighted by Crippen LogP contribution is 2.32. The smallest absolute Gasteiger partial charge is 0.280 e. The molecule has 1 fully saturated rings. The van der Waals surface area contributed by atoms with Crippen LogP contribution in [0.3, 0.4) is 0 Å². The Balaban J connectivity index is 1.47. The maximum absolute atomic E-state index is 11.9. The quantitative estimate of drug-likeness (QED) is 0.650. The molecule has 2 heterocycles. The van der Waals surface area contributed by atoms with Gasteiger partial charge >= 0.3 is 0 Å². The Labute approximate surface area is 149 Å². The van der Waals surface area contributed by atoms with E-state index in [1.165, 1.54) is 0 Å². The third kappa shape index (κ3) is 3.21. The molecule has 0 bridgehead atoms. The highest BCUT2D eigenvalue weighted by Gasteiger charge is 2.32. The normalized spacial score (nSPS) is 23.3. The fourth-order valence-electron chi connectivity index (χ4n) is 3.54. The van der Waals surface area contributed by atoms with Gasteiger partial charge in [0.25, 0.3) is 5.56 Å². The average molecular weight is 355 g/mol. The lowest BCUT2D eigenvalue weighted by atomic mass is 9.90. The molecule has 3 aromatic rings. The molecular formula is C18H21N5O3. The minimum Gasteiger partial charge on any atom is -0.391 e. The lowest BCUT2D eigenvalue weighted by Crippen LogP contribution is -2.35. The van der Waals surface area contributed by atoms with Crippen molar-refractivity contribution in [2.45, 2.75) is 44.1 Å². The number of nitrogens with one attached hydrogen (secondary N) is 1. The van der Waals surface area contributed by atoms with E-state index in [9.17, 15) is 9.90 Å². The SMILES string of the molecule is Nc1nc2c(ncn2C2CCC(OCc3ccccc3)CC2O)c(=O)[nH]1. The minimum absolute atomic E-state index is 0.00215. The third-order valence-electron chi connectivity index (χ3n) is 4.87. The van der Waals surface area contributed by atoms with Crippen molar-refractivity contribution in [2.75, 3.05) is 5.73 Å². The van der Waals surface area contributed by atoms with E-state index in [2.05, 4.69) is 15.0 Å². The number of hydrogen-bond donors (Lipinski definition) is 3. The number of aliphatic hydroxyl groups excluding tert-OH is 1. The number of nitrogen functional groups attached to an aromatic ring is 1. The molecular weight excluding hydrogens is 334 g/mol. The number of nitrogens with two attached hydrogens (primary N) is 1. The number of aromatic amines is 1. The maximum Gasteiger partial charge on any atom is 0.280 e. The van der Waals surface area contributed by atoms with Crippen molar-refractivity contribution >= 4 is 17.1 Å². The molecule has 1 aliphatic carbocycles. The predicted octanol–water partition coefficient (Wildman–Crippen LogP) is 1.37. The summed E-state index contributed by atoms with van der Waals surface area (Å²) in [6.45, 7) is 0.532. The van der Waals surface area contributed by atoms with Crippen LogP contribution in [-0.2, 0) is 11.3 Å². The number of benzene rings is 1. The molecule has 1 aromatic carbocycles. The van der Waals surface area contributed by atoms with E-state index in [0.717, 1.165) is 12.0 Å². The standard InChI is InChI=1S/C18H21N5O3/c19-18-21-16-15(17(25)22-18)20-10-23(16)13-7-6-12(8-14(13)24)26-9-11-4-2-1-3-5-11/h1-5,10,12-14,24H,6-9H2,(H3,19,21,22,25). The molecule has 4 rings (SSSR count).